The Bertz CT molecular complexity index is 498. The number of rotatable bonds is 9. The fourth-order valence-corrected chi connectivity index (χ4v) is 3.03. The molecule has 0 saturated heterocycles. The summed E-state index contributed by atoms with van der Waals surface area (Å²) in [6, 6.07) is 8.32. The second-order valence-electron chi connectivity index (χ2n) is 5.22. The van der Waals surface area contributed by atoms with Crippen LogP contribution in [0.5, 0.6) is 0 Å². The maximum absolute atomic E-state index is 11.9. The summed E-state index contributed by atoms with van der Waals surface area (Å²) in [5, 5.41) is 3.22. The van der Waals surface area contributed by atoms with E-state index in [1.807, 2.05) is 24.3 Å². The molecule has 0 bridgehead atoms. The SMILES string of the molecule is CCc1ccccc1CNS(=O)(=O)CCCNC(C)C. The van der Waals surface area contributed by atoms with Gasteiger partial charge in [-0.05, 0) is 30.5 Å². The van der Waals surface area contributed by atoms with Gasteiger partial charge in [0.2, 0.25) is 10.0 Å². The summed E-state index contributed by atoms with van der Waals surface area (Å²) < 4.78 is 26.5. The predicted octanol–water partition coefficient (Wildman–Crippen LogP) is 2.06. The number of nitrogens with one attached hydrogen (secondary N) is 2. The van der Waals surface area contributed by atoms with Gasteiger partial charge in [0, 0.05) is 12.6 Å². The molecular weight excluding hydrogens is 272 g/mol. The van der Waals surface area contributed by atoms with Crippen molar-refractivity contribution in [3.05, 3.63) is 35.4 Å². The van der Waals surface area contributed by atoms with Gasteiger partial charge in [-0.15, -0.1) is 0 Å². The Morgan fingerprint density at radius 3 is 2.40 bits per heavy atom. The highest BCUT2D eigenvalue weighted by Gasteiger charge is 2.10. The molecule has 0 fully saturated rings. The molecule has 0 aliphatic rings. The molecule has 0 aliphatic heterocycles. The topological polar surface area (TPSA) is 58.2 Å². The maximum Gasteiger partial charge on any atom is 0.211 e. The Hall–Kier alpha value is -0.910. The first-order valence-electron chi connectivity index (χ1n) is 7.22. The summed E-state index contributed by atoms with van der Waals surface area (Å²) in [5.41, 5.74) is 2.25. The molecule has 1 rings (SSSR count). The number of benzene rings is 1. The Kier molecular flexibility index (Phi) is 7.19. The van der Waals surface area contributed by atoms with E-state index in [-0.39, 0.29) is 5.75 Å². The molecule has 0 radical (unpaired) electrons. The fraction of sp³-hybridized carbons (Fsp3) is 0.600. The van der Waals surface area contributed by atoms with E-state index >= 15 is 0 Å². The molecule has 0 aromatic heterocycles. The minimum Gasteiger partial charge on any atom is -0.314 e. The number of sulfonamides is 1. The standard InChI is InChI=1S/C15H26N2O2S/c1-4-14-8-5-6-9-15(14)12-17-20(18,19)11-7-10-16-13(2)3/h5-6,8-9,13,16-17H,4,7,10-12H2,1-3H3. The lowest BCUT2D eigenvalue weighted by atomic mass is 10.1. The fourth-order valence-electron chi connectivity index (χ4n) is 1.99. The van der Waals surface area contributed by atoms with Crippen LogP contribution in [0.15, 0.2) is 24.3 Å². The minimum atomic E-state index is -3.19. The molecule has 0 spiro atoms. The largest absolute Gasteiger partial charge is 0.314 e. The first-order valence-corrected chi connectivity index (χ1v) is 8.87. The quantitative estimate of drug-likeness (QED) is 0.686. The normalized spacial score (nSPS) is 12.0. The van der Waals surface area contributed by atoms with E-state index in [4.69, 9.17) is 0 Å². The van der Waals surface area contributed by atoms with Gasteiger partial charge in [0.1, 0.15) is 0 Å². The highest BCUT2D eigenvalue weighted by Crippen LogP contribution is 2.09. The van der Waals surface area contributed by atoms with Crippen molar-refractivity contribution in [2.75, 3.05) is 12.3 Å². The average Bonchev–Trinajstić information content (AvgIpc) is 2.41. The smallest absolute Gasteiger partial charge is 0.211 e. The summed E-state index contributed by atoms with van der Waals surface area (Å²) in [6.45, 7) is 7.28. The molecule has 114 valence electrons. The summed E-state index contributed by atoms with van der Waals surface area (Å²) in [4.78, 5) is 0. The van der Waals surface area contributed by atoms with Crippen molar-refractivity contribution in [1.29, 1.82) is 0 Å². The van der Waals surface area contributed by atoms with Crippen LogP contribution < -0.4 is 10.0 Å². The van der Waals surface area contributed by atoms with Crippen molar-refractivity contribution < 1.29 is 8.42 Å². The molecule has 4 nitrogen and oxygen atoms in total. The molecule has 1 aromatic carbocycles. The van der Waals surface area contributed by atoms with Gasteiger partial charge in [-0.1, -0.05) is 45.0 Å². The van der Waals surface area contributed by atoms with Crippen molar-refractivity contribution in [1.82, 2.24) is 10.0 Å². The summed E-state index contributed by atoms with van der Waals surface area (Å²) in [7, 11) is -3.19. The van der Waals surface area contributed by atoms with E-state index in [9.17, 15) is 8.42 Å². The van der Waals surface area contributed by atoms with Crippen molar-refractivity contribution in [2.45, 2.75) is 46.2 Å². The lowest BCUT2D eigenvalue weighted by Gasteiger charge is -2.11. The van der Waals surface area contributed by atoms with Gasteiger partial charge in [0.05, 0.1) is 5.75 Å². The van der Waals surface area contributed by atoms with Crippen LogP contribution in [0.4, 0.5) is 0 Å². The number of hydrogen-bond donors (Lipinski definition) is 2. The molecule has 0 heterocycles. The average molecular weight is 298 g/mol. The zero-order valence-electron chi connectivity index (χ0n) is 12.6. The molecule has 0 unspecified atom stereocenters. The van der Waals surface area contributed by atoms with Crippen LogP contribution in [0.3, 0.4) is 0 Å². The van der Waals surface area contributed by atoms with Crippen LogP contribution in [0, 0.1) is 0 Å². The molecular formula is C15H26N2O2S. The van der Waals surface area contributed by atoms with Crippen molar-refractivity contribution >= 4 is 10.0 Å². The van der Waals surface area contributed by atoms with Crippen LogP contribution in [0.25, 0.3) is 0 Å². The second kappa shape index (κ2) is 8.39. The number of aryl methyl sites for hydroxylation is 1. The summed E-state index contributed by atoms with van der Waals surface area (Å²) >= 11 is 0. The van der Waals surface area contributed by atoms with Crippen LogP contribution >= 0.6 is 0 Å². The highest BCUT2D eigenvalue weighted by molar-refractivity contribution is 7.89. The molecule has 0 amide bonds. The van der Waals surface area contributed by atoms with Gasteiger partial charge in [0.15, 0.2) is 0 Å². The molecule has 1 aromatic rings. The van der Waals surface area contributed by atoms with E-state index in [0.717, 1.165) is 18.5 Å². The third-order valence-electron chi connectivity index (χ3n) is 3.12. The van der Waals surface area contributed by atoms with Gasteiger partial charge >= 0.3 is 0 Å². The van der Waals surface area contributed by atoms with Gasteiger partial charge in [0.25, 0.3) is 0 Å². The summed E-state index contributed by atoms with van der Waals surface area (Å²) in [6.07, 6.45) is 1.54. The predicted molar refractivity (Wildman–Crippen MR) is 84.2 cm³/mol. The molecule has 20 heavy (non-hydrogen) atoms. The van der Waals surface area contributed by atoms with Crippen LogP contribution in [0.1, 0.15) is 38.3 Å². The third-order valence-corrected chi connectivity index (χ3v) is 4.53. The zero-order valence-corrected chi connectivity index (χ0v) is 13.5. The molecule has 5 heteroatoms. The Morgan fingerprint density at radius 1 is 1.15 bits per heavy atom. The summed E-state index contributed by atoms with van der Waals surface area (Å²) in [5.74, 6) is 0.168. The monoisotopic (exact) mass is 298 g/mol. The molecule has 0 aliphatic carbocycles. The van der Waals surface area contributed by atoms with Crippen LogP contribution in [-0.4, -0.2) is 26.8 Å². The Morgan fingerprint density at radius 2 is 1.80 bits per heavy atom. The number of hydrogen-bond acceptors (Lipinski definition) is 3. The zero-order chi connectivity index (χ0) is 15.0. The second-order valence-corrected chi connectivity index (χ2v) is 7.15. The van der Waals surface area contributed by atoms with Crippen molar-refractivity contribution in [3.63, 3.8) is 0 Å². The van der Waals surface area contributed by atoms with Gasteiger partial charge in [-0.3, -0.25) is 0 Å². The van der Waals surface area contributed by atoms with E-state index in [0.29, 0.717) is 19.0 Å². The highest BCUT2D eigenvalue weighted by atomic mass is 32.2. The first-order chi connectivity index (χ1) is 9.44. The Labute approximate surface area is 123 Å². The lowest BCUT2D eigenvalue weighted by Crippen LogP contribution is -2.30. The molecule has 2 N–H and O–H groups in total. The van der Waals surface area contributed by atoms with E-state index in [2.05, 4.69) is 30.8 Å². The molecule has 0 atom stereocenters. The van der Waals surface area contributed by atoms with Gasteiger partial charge in [-0.2, -0.15) is 0 Å². The third kappa shape index (κ3) is 6.50. The maximum atomic E-state index is 11.9. The van der Waals surface area contributed by atoms with Crippen LogP contribution in [0.2, 0.25) is 0 Å². The van der Waals surface area contributed by atoms with E-state index in [1.165, 1.54) is 5.56 Å². The van der Waals surface area contributed by atoms with E-state index in [1.54, 1.807) is 0 Å². The first kappa shape index (κ1) is 17.1. The van der Waals surface area contributed by atoms with Crippen molar-refractivity contribution in [2.24, 2.45) is 0 Å². The van der Waals surface area contributed by atoms with Gasteiger partial charge in [-0.25, -0.2) is 13.1 Å². The minimum absolute atomic E-state index is 0.168. The van der Waals surface area contributed by atoms with E-state index < -0.39 is 10.0 Å². The molecule has 0 saturated carbocycles. The lowest BCUT2D eigenvalue weighted by molar-refractivity contribution is 0.560. The van der Waals surface area contributed by atoms with Crippen molar-refractivity contribution in [3.8, 4) is 0 Å². The van der Waals surface area contributed by atoms with Gasteiger partial charge < -0.3 is 5.32 Å². The van der Waals surface area contributed by atoms with Crippen LogP contribution in [-0.2, 0) is 23.0 Å². The Balaban J connectivity index is 2.43.